The number of halogens is 1. The molecule has 0 bridgehead atoms. The van der Waals surface area contributed by atoms with Crippen LogP contribution in [0.5, 0.6) is 0 Å². The molecule has 0 spiro atoms. The second kappa shape index (κ2) is 12.0. The van der Waals surface area contributed by atoms with Gasteiger partial charge in [-0.05, 0) is 34.4 Å². The van der Waals surface area contributed by atoms with E-state index in [-0.39, 0.29) is 18.2 Å². The van der Waals surface area contributed by atoms with Crippen molar-refractivity contribution in [2.45, 2.75) is 25.6 Å². The van der Waals surface area contributed by atoms with Crippen LogP contribution in [0.25, 0.3) is 0 Å². The summed E-state index contributed by atoms with van der Waals surface area (Å²) in [4.78, 5) is 29.0. The summed E-state index contributed by atoms with van der Waals surface area (Å²) in [6, 6.07) is 35.4. The van der Waals surface area contributed by atoms with Crippen LogP contribution < -0.4 is 5.32 Å². The van der Waals surface area contributed by atoms with Crippen LogP contribution in [0, 0.1) is 0 Å². The van der Waals surface area contributed by atoms with Gasteiger partial charge in [0.25, 0.3) is 0 Å². The van der Waals surface area contributed by atoms with Crippen LogP contribution in [-0.4, -0.2) is 16.7 Å². The standard InChI is InChI=1S/C30H27ClN2O2/c31-27-18-16-23(17-19-27)20-28(34)33(22-25-12-6-2-7-13-25)29(26-14-8-3-9-15-26)30(35)32-21-24-10-4-1-5-11-24/h1-19,29H,20-22H2,(H,32,35)/t29-/m1/s1. The molecule has 4 aromatic rings. The first kappa shape index (κ1) is 24.2. The number of nitrogens with zero attached hydrogens (tertiary/aromatic N) is 1. The van der Waals surface area contributed by atoms with Gasteiger partial charge in [0.05, 0.1) is 6.42 Å². The van der Waals surface area contributed by atoms with Crippen LogP contribution >= 0.6 is 11.6 Å². The molecule has 0 aliphatic heterocycles. The van der Waals surface area contributed by atoms with Gasteiger partial charge >= 0.3 is 0 Å². The first-order chi connectivity index (χ1) is 17.1. The maximum atomic E-state index is 13.7. The van der Waals surface area contributed by atoms with Crippen LogP contribution in [0.15, 0.2) is 115 Å². The van der Waals surface area contributed by atoms with E-state index < -0.39 is 6.04 Å². The Bertz CT molecular complexity index is 1230. The third-order valence-electron chi connectivity index (χ3n) is 5.77. The highest BCUT2D eigenvalue weighted by Gasteiger charge is 2.31. The number of benzene rings is 4. The molecule has 0 unspecified atom stereocenters. The van der Waals surface area contributed by atoms with Crippen molar-refractivity contribution >= 4 is 23.4 Å². The smallest absolute Gasteiger partial charge is 0.247 e. The second-order valence-corrected chi connectivity index (χ2v) is 8.76. The van der Waals surface area contributed by atoms with Gasteiger partial charge in [0, 0.05) is 18.1 Å². The minimum absolute atomic E-state index is 0.139. The molecule has 1 N–H and O–H groups in total. The van der Waals surface area contributed by atoms with Crippen molar-refractivity contribution in [3.63, 3.8) is 0 Å². The maximum absolute atomic E-state index is 13.7. The quantitative estimate of drug-likeness (QED) is 0.319. The van der Waals surface area contributed by atoms with E-state index in [0.717, 1.165) is 22.3 Å². The second-order valence-electron chi connectivity index (χ2n) is 8.33. The fourth-order valence-corrected chi connectivity index (χ4v) is 4.10. The van der Waals surface area contributed by atoms with E-state index in [0.29, 0.717) is 18.1 Å². The molecule has 0 aliphatic carbocycles. The number of amides is 2. The summed E-state index contributed by atoms with van der Waals surface area (Å²) in [7, 11) is 0. The van der Waals surface area contributed by atoms with Gasteiger partial charge in [-0.25, -0.2) is 0 Å². The van der Waals surface area contributed by atoms with Crippen LogP contribution in [-0.2, 0) is 29.1 Å². The Kier molecular flexibility index (Phi) is 8.31. The predicted octanol–water partition coefficient (Wildman–Crippen LogP) is 5.97. The minimum Gasteiger partial charge on any atom is -0.350 e. The summed E-state index contributed by atoms with van der Waals surface area (Å²) in [5.41, 5.74) is 3.55. The van der Waals surface area contributed by atoms with Crippen molar-refractivity contribution in [3.8, 4) is 0 Å². The molecule has 4 nitrogen and oxygen atoms in total. The summed E-state index contributed by atoms with van der Waals surface area (Å²) in [5.74, 6) is -0.361. The summed E-state index contributed by atoms with van der Waals surface area (Å²) >= 11 is 6.03. The molecule has 4 rings (SSSR count). The normalized spacial score (nSPS) is 11.5. The van der Waals surface area contributed by atoms with Crippen molar-refractivity contribution in [3.05, 3.63) is 143 Å². The largest absolute Gasteiger partial charge is 0.350 e. The Balaban J connectivity index is 1.66. The number of carbonyl (C=O) groups excluding carboxylic acids is 2. The Morgan fingerprint density at radius 3 is 1.83 bits per heavy atom. The van der Waals surface area contributed by atoms with Gasteiger partial charge in [0.1, 0.15) is 6.04 Å². The molecule has 4 aromatic carbocycles. The SMILES string of the molecule is O=C(NCc1ccccc1)[C@@H](c1ccccc1)N(Cc1ccccc1)C(=O)Cc1ccc(Cl)cc1. The number of hydrogen-bond acceptors (Lipinski definition) is 2. The summed E-state index contributed by atoms with van der Waals surface area (Å²) in [5, 5.41) is 3.66. The van der Waals surface area contributed by atoms with Gasteiger partial charge in [0.15, 0.2) is 0 Å². The molecule has 1 atom stereocenters. The summed E-state index contributed by atoms with van der Waals surface area (Å²) < 4.78 is 0. The Morgan fingerprint density at radius 2 is 1.23 bits per heavy atom. The lowest BCUT2D eigenvalue weighted by molar-refractivity contribution is -0.141. The number of nitrogens with one attached hydrogen (secondary N) is 1. The topological polar surface area (TPSA) is 49.4 Å². The average molecular weight is 483 g/mol. The molecule has 0 heterocycles. The molecule has 176 valence electrons. The molecule has 0 radical (unpaired) electrons. The highest BCUT2D eigenvalue weighted by Crippen LogP contribution is 2.25. The molecule has 0 aromatic heterocycles. The van der Waals surface area contributed by atoms with Crippen molar-refractivity contribution in [1.29, 1.82) is 0 Å². The maximum Gasteiger partial charge on any atom is 0.247 e. The molecule has 0 fully saturated rings. The fourth-order valence-electron chi connectivity index (χ4n) is 3.97. The van der Waals surface area contributed by atoms with Gasteiger partial charge in [-0.1, -0.05) is 115 Å². The van der Waals surface area contributed by atoms with Gasteiger partial charge in [-0.3, -0.25) is 9.59 Å². The Labute approximate surface area is 211 Å². The van der Waals surface area contributed by atoms with Crippen LogP contribution in [0.3, 0.4) is 0 Å². The molecule has 2 amide bonds. The van der Waals surface area contributed by atoms with E-state index in [1.54, 1.807) is 17.0 Å². The van der Waals surface area contributed by atoms with Gasteiger partial charge in [0.2, 0.25) is 11.8 Å². The lowest BCUT2D eigenvalue weighted by atomic mass is 10.0. The third kappa shape index (κ3) is 6.81. The number of carbonyl (C=O) groups is 2. The summed E-state index contributed by atoms with van der Waals surface area (Å²) in [6.45, 7) is 0.694. The first-order valence-electron chi connectivity index (χ1n) is 11.5. The molecule has 5 heteroatoms. The van der Waals surface area contributed by atoms with Crippen LogP contribution in [0.1, 0.15) is 28.3 Å². The monoisotopic (exact) mass is 482 g/mol. The van der Waals surface area contributed by atoms with Crippen LogP contribution in [0.2, 0.25) is 5.02 Å². The van der Waals surface area contributed by atoms with Crippen molar-refractivity contribution in [2.75, 3.05) is 0 Å². The van der Waals surface area contributed by atoms with E-state index in [9.17, 15) is 9.59 Å². The molecule has 0 aliphatic rings. The lowest BCUT2D eigenvalue weighted by Crippen LogP contribution is -2.43. The van der Waals surface area contributed by atoms with Crippen LogP contribution in [0.4, 0.5) is 0 Å². The Hall–Kier alpha value is -3.89. The molecule has 0 saturated carbocycles. The first-order valence-corrected chi connectivity index (χ1v) is 11.9. The fraction of sp³-hybridized carbons (Fsp3) is 0.133. The van der Waals surface area contributed by atoms with Crippen molar-refractivity contribution in [2.24, 2.45) is 0 Å². The number of rotatable bonds is 9. The molecular weight excluding hydrogens is 456 g/mol. The third-order valence-corrected chi connectivity index (χ3v) is 6.02. The highest BCUT2D eigenvalue weighted by molar-refractivity contribution is 6.30. The predicted molar refractivity (Wildman–Crippen MR) is 140 cm³/mol. The van der Waals surface area contributed by atoms with Crippen molar-refractivity contribution < 1.29 is 9.59 Å². The van der Waals surface area contributed by atoms with Gasteiger partial charge in [-0.15, -0.1) is 0 Å². The zero-order valence-electron chi connectivity index (χ0n) is 19.3. The van der Waals surface area contributed by atoms with E-state index in [1.807, 2.05) is 103 Å². The zero-order valence-corrected chi connectivity index (χ0v) is 20.1. The van der Waals surface area contributed by atoms with E-state index in [2.05, 4.69) is 5.32 Å². The summed E-state index contributed by atoms with van der Waals surface area (Å²) in [6.07, 6.45) is 0.166. The van der Waals surface area contributed by atoms with Crippen molar-refractivity contribution in [1.82, 2.24) is 10.2 Å². The van der Waals surface area contributed by atoms with E-state index in [4.69, 9.17) is 11.6 Å². The Morgan fingerprint density at radius 1 is 0.686 bits per heavy atom. The molecular formula is C30H27ClN2O2. The lowest BCUT2D eigenvalue weighted by Gasteiger charge is -2.32. The molecule has 0 saturated heterocycles. The van der Waals surface area contributed by atoms with E-state index in [1.165, 1.54) is 0 Å². The highest BCUT2D eigenvalue weighted by atomic mass is 35.5. The van der Waals surface area contributed by atoms with Gasteiger partial charge in [-0.2, -0.15) is 0 Å². The number of hydrogen-bond donors (Lipinski definition) is 1. The van der Waals surface area contributed by atoms with E-state index >= 15 is 0 Å². The minimum atomic E-state index is -0.778. The zero-order chi connectivity index (χ0) is 24.5. The van der Waals surface area contributed by atoms with Gasteiger partial charge < -0.3 is 10.2 Å². The average Bonchev–Trinajstić information content (AvgIpc) is 2.90. The molecule has 35 heavy (non-hydrogen) atoms.